The Morgan fingerprint density at radius 2 is 1.87 bits per heavy atom. The van der Waals surface area contributed by atoms with Gasteiger partial charge in [0.25, 0.3) is 0 Å². The molecule has 120 valence electrons. The molecule has 1 aliphatic heterocycles. The molecule has 3 heteroatoms. The van der Waals surface area contributed by atoms with Crippen LogP contribution in [-0.4, -0.2) is 25.8 Å². The maximum atomic E-state index is 13.1. The van der Waals surface area contributed by atoms with Crippen LogP contribution in [0.4, 0.5) is 4.39 Å². The van der Waals surface area contributed by atoms with E-state index in [2.05, 4.69) is 23.5 Å². The number of hydrogen-bond donors (Lipinski definition) is 1. The second-order valence-electron chi connectivity index (χ2n) is 5.84. The van der Waals surface area contributed by atoms with Crippen molar-refractivity contribution in [3.05, 3.63) is 77.6 Å². The van der Waals surface area contributed by atoms with E-state index in [1.54, 1.807) is 0 Å². The first kappa shape index (κ1) is 15.9. The smallest absolute Gasteiger partial charge is 0.123 e. The highest BCUT2D eigenvalue weighted by atomic mass is 19.1. The summed E-state index contributed by atoms with van der Waals surface area (Å²) in [5.74, 6) is 0.132. The molecule has 1 heterocycles. The Morgan fingerprint density at radius 1 is 1.09 bits per heavy atom. The van der Waals surface area contributed by atoms with E-state index in [1.165, 1.54) is 17.7 Å². The van der Waals surface area contributed by atoms with Gasteiger partial charge in [-0.3, -0.25) is 0 Å². The highest BCUT2D eigenvalue weighted by Gasteiger charge is 2.26. The summed E-state index contributed by atoms with van der Waals surface area (Å²) in [6.07, 6.45) is 5.25. The predicted octanol–water partition coefficient (Wildman–Crippen LogP) is 4.00. The fourth-order valence-corrected chi connectivity index (χ4v) is 3.02. The third-order valence-corrected chi connectivity index (χ3v) is 4.24. The lowest BCUT2D eigenvalue weighted by Crippen LogP contribution is -2.41. The van der Waals surface area contributed by atoms with Crippen molar-refractivity contribution in [1.29, 1.82) is 0 Å². The van der Waals surface area contributed by atoms with E-state index >= 15 is 0 Å². The zero-order chi connectivity index (χ0) is 15.9. The Balaban J connectivity index is 1.58. The molecule has 1 saturated heterocycles. The predicted molar refractivity (Wildman–Crippen MR) is 91.8 cm³/mol. The van der Waals surface area contributed by atoms with Gasteiger partial charge >= 0.3 is 0 Å². The van der Waals surface area contributed by atoms with Crippen molar-refractivity contribution in [3.8, 4) is 0 Å². The number of nitrogens with one attached hydrogen (secondary N) is 1. The Kier molecular flexibility index (Phi) is 5.56. The SMILES string of the molecule is Fc1ccc(C2CCNCC2OCC=Cc2ccccc2)cc1. The molecule has 1 fully saturated rings. The molecular formula is C20H22FNO. The first-order chi connectivity index (χ1) is 11.3. The number of hydrogen-bond acceptors (Lipinski definition) is 2. The normalized spacial score (nSPS) is 21.6. The number of ether oxygens (including phenoxy) is 1. The Bertz CT molecular complexity index is 624. The maximum absolute atomic E-state index is 13.1. The van der Waals surface area contributed by atoms with Crippen molar-refractivity contribution in [2.24, 2.45) is 0 Å². The van der Waals surface area contributed by atoms with Crippen LogP contribution in [0.25, 0.3) is 6.08 Å². The van der Waals surface area contributed by atoms with Crippen molar-refractivity contribution in [3.63, 3.8) is 0 Å². The lowest BCUT2D eigenvalue weighted by atomic mass is 9.88. The summed E-state index contributed by atoms with van der Waals surface area (Å²) in [6.45, 7) is 2.39. The Labute approximate surface area is 137 Å². The molecule has 1 N–H and O–H groups in total. The summed E-state index contributed by atoms with van der Waals surface area (Å²) in [7, 11) is 0. The average molecular weight is 311 g/mol. The molecule has 2 nitrogen and oxygen atoms in total. The Morgan fingerprint density at radius 3 is 2.65 bits per heavy atom. The van der Waals surface area contributed by atoms with E-state index < -0.39 is 0 Å². The molecule has 0 bridgehead atoms. The van der Waals surface area contributed by atoms with E-state index in [0.29, 0.717) is 12.5 Å². The second-order valence-corrected chi connectivity index (χ2v) is 5.84. The number of rotatable bonds is 5. The highest BCUT2D eigenvalue weighted by Crippen LogP contribution is 2.27. The zero-order valence-corrected chi connectivity index (χ0v) is 13.1. The molecule has 2 atom stereocenters. The van der Waals surface area contributed by atoms with Gasteiger partial charge in [0, 0.05) is 12.5 Å². The zero-order valence-electron chi connectivity index (χ0n) is 13.1. The molecule has 2 aromatic carbocycles. The Hall–Kier alpha value is -1.97. The minimum absolute atomic E-state index is 0.120. The summed E-state index contributed by atoms with van der Waals surface area (Å²) in [6, 6.07) is 17.0. The quantitative estimate of drug-likeness (QED) is 0.901. The largest absolute Gasteiger partial charge is 0.372 e. The van der Waals surface area contributed by atoms with Crippen LogP contribution in [0, 0.1) is 5.82 Å². The second kappa shape index (κ2) is 8.04. The summed E-state index contributed by atoms with van der Waals surface area (Å²) >= 11 is 0. The van der Waals surface area contributed by atoms with E-state index in [1.807, 2.05) is 36.4 Å². The first-order valence-corrected chi connectivity index (χ1v) is 8.12. The molecule has 2 unspecified atom stereocenters. The van der Waals surface area contributed by atoms with E-state index in [-0.39, 0.29) is 11.9 Å². The average Bonchev–Trinajstić information content (AvgIpc) is 2.61. The van der Waals surface area contributed by atoms with Crippen LogP contribution in [0.1, 0.15) is 23.5 Å². The fourth-order valence-electron chi connectivity index (χ4n) is 3.02. The van der Waals surface area contributed by atoms with Crippen LogP contribution >= 0.6 is 0 Å². The topological polar surface area (TPSA) is 21.3 Å². The van der Waals surface area contributed by atoms with Gasteiger partial charge in [0.15, 0.2) is 0 Å². The van der Waals surface area contributed by atoms with Gasteiger partial charge in [-0.15, -0.1) is 0 Å². The molecule has 3 rings (SSSR count). The molecule has 0 aliphatic carbocycles. The first-order valence-electron chi connectivity index (χ1n) is 8.12. The molecule has 0 aromatic heterocycles. The fraction of sp³-hybridized carbons (Fsp3) is 0.300. The van der Waals surface area contributed by atoms with Gasteiger partial charge < -0.3 is 10.1 Å². The van der Waals surface area contributed by atoms with Crippen LogP contribution in [0.15, 0.2) is 60.7 Å². The van der Waals surface area contributed by atoms with Crippen molar-refractivity contribution in [2.75, 3.05) is 19.7 Å². The molecule has 0 radical (unpaired) electrons. The molecule has 0 amide bonds. The van der Waals surface area contributed by atoms with Gasteiger partial charge in [0.1, 0.15) is 5.82 Å². The molecule has 1 aliphatic rings. The van der Waals surface area contributed by atoms with Crippen LogP contribution in [0.2, 0.25) is 0 Å². The van der Waals surface area contributed by atoms with Crippen LogP contribution in [0.5, 0.6) is 0 Å². The number of halogens is 1. The monoisotopic (exact) mass is 311 g/mol. The lowest BCUT2D eigenvalue weighted by Gasteiger charge is -2.32. The summed E-state index contributed by atoms with van der Waals surface area (Å²) in [5.41, 5.74) is 2.33. The molecular weight excluding hydrogens is 289 g/mol. The third kappa shape index (κ3) is 4.50. The lowest BCUT2D eigenvalue weighted by molar-refractivity contribution is 0.0394. The number of benzene rings is 2. The van der Waals surface area contributed by atoms with E-state index in [9.17, 15) is 4.39 Å². The van der Waals surface area contributed by atoms with Gasteiger partial charge in [-0.25, -0.2) is 4.39 Å². The van der Waals surface area contributed by atoms with Gasteiger partial charge in [-0.1, -0.05) is 54.6 Å². The standard InChI is InChI=1S/C20H22FNO/c21-18-10-8-17(9-11-18)19-12-13-22-15-20(19)23-14-4-7-16-5-2-1-3-6-16/h1-11,19-20,22H,12-15H2. The summed E-state index contributed by atoms with van der Waals surface area (Å²) < 4.78 is 19.2. The van der Waals surface area contributed by atoms with Gasteiger partial charge in [0.05, 0.1) is 12.7 Å². The maximum Gasteiger partial charge on any atom is 0.123 e. The third-order valence-electron chi connectivity index (χ3n) is 4.24. The van der Waals surface area contributed by atoms with Gasteiger partial charge in [-0.05, 0) is 36.2 Å². The highest BCUT2D eigenvalue weighted by molar-refractivity contribution is 5.48. The number of piperidine rings is 1. The van der Waals surface area contributed by atoms with E-state index in [4.69, 9.17) is 4.74 Å². The minimum Gasteiger partial charge on any atom is -0.372 e. The summed E-state index contributed by atoms with van der Waals surface area (Å²) in [4.78, 5) is 0. The van der Waals surface area contributed by atoms with Crippen molar-refractivity contribution < 1.29 is 9.13 Å². The van der Waals surface area contributed by atoms with Crippen LogP contribution in [0.3, 0.4) is 0 Å². The minimum atomic E-state index is -0.189. The van der Waals surface area contributed by atoms with E-state index in [0.717, 1.165) is 25.1 Å². The molecule has 23 heavy (non-hydrogen) atoms. The molecule has 2 aromatic rings. The van der Waals surface area contributed by atoms with Gasteiger partial charge in [-0.2, -0.15) is 0 Å². The molecule has 0 spiro atoms. The van der Waals surface area contributed by atoms with Crippen molar-refractivity contribution >= 4 is 6.08 Å². The van der Waals surface area contributed by atoms with Crippen molar-refractivity contribution in [2.45, 2.75) is 18.4 Å². The van der Waals surface area contributed by atoms with Crippen molar-refractivity contribution in [1.82, 2.24) is 5.32 Å². The van der Waals surface area contributed by atoms with Gasteiger partial charge in [0.2, 0.25) is 0 Å². The summed E-state index contributed by atoms with van der Waals surface area (Å²) in [5, 5.41) is 3.38. The van der Waals surface area contributed by atoms with Crippen LogP contribution in [-0.2, 0) is 4.74 Å². The molecule has 0 saturated carbocycles. The van der Waals surface area contributed by atoms with Crippen LogP contribution < -0.4 is 5.32 Å².